The lowest BCUT2D eigenvalue weighted by atomic mass is 10.2. The standard InChI is InChI=1S/C13H7BrClF2NO/c14-10-6-8(2-4-12(10)17)18-13(19)9-3-1-7(16)5-11(9)15/h1-6H,(H,18,19). The first-order valence-electron chi connectivity index (χ1n) is 5.19. The third kappa shape index (κ3) is 3.30. The number of benzene rings is 2. The van der Waals surface area contributed by atoms with Crippen molar-refractivity contribution in [2.45, 2.75) is 0 Å². The normalized spacial score (nSPS) is 10.3. The fourth-order valence-corrected chi connectivity index (χ4v) is 2.08. The lowest BCUT2D eigenvalue weighted by Crippen LogP contribution is -2.12. The molecule has 0 aliphatic carbocycles. The Bertz CT molecular complexity index is 649. The van der Waals surface area contributed by atoms with Crippen LogP contribution in [0.2, 0.25) is 5.02 Å². The molecule has 0 saturated carbocycles. The maximum absolute atomic E-state index is 13.0. The quantitative estimate of drug-likeness (QED) is 0.844. The van der Waals surface area contributed by atoms with Crippen LogP contribution in [0.5, 0.6) is 0 Å². The van der Waals surface area contributed by atoms with E-state index in [1.165, 1.54) is 24.3 Å². The Labute approximate surface area is 121 Å². The average molecular weight is 347 g/mol. The van der Waals surface area contributed by atoms with Crippen molar-refractivity contribution in [2.24, 2.45) is 0 Å². The Hall–Kier alpha value is -1.46. The average Bonchev–Trinajstić information content (AvgIpc) is 2.33. The molecule has 0 spiro atoms. The van der Waals surface area contributed by atoms with Gasteiger partial charge in [-0.2, -0.15) is 0 Å². The molecule has 19 heavy (non-hydrogen) atoms. The molecule has 2 nitrogen and oxygen atoms in total. The number of nitrogens with one attached hydrogen (secondary N) is 1. The summed E-state index contributed by atoms with van der Waals surface area (Å²) in [5, 5.41) is 2.56. The minimum atomic E-state index is -0.522. The van der Waals surface area contributed by atoms with Gasteiger partial charge in [0.1, 0.15) is 11.6 Å². The highest BCUT2D eigenvalue weighted by Gasteiger charge is 2.12. The summed E-state index contributed by atoms with van der Waals surface area (Å²) in [4.78, 5) is 11.9. The summed E-state index contributed by atoms with van der Waals surface area (Å²) in [6.07, 6.45) is 0. The van der Waals surface area contributed by atoms with E-state index in [4.69, 9.17) is 11.6 Å². The number of hydrogen-bond donors (Lipinski definition) is 1. The van der Waals surface area contributed by atoms with Gasteiger partial charge in [-0.25, -0.2) is 8.78 Å². The summed E-state index contributed by atoms with van der Waals surface area (Å²) < 4.78 is 26.1. The largest absolute Gasteiger partial charge is 0.322 e. The molecule has 0 aromatic heterocycles. The molecular formula is C13H7BrClF2NO. The van der Waals surface area contributed by atoms with E-state index < -0.39 is 17.5 Å². The van der Waals surface area contributed by atoms with Gasteiger partial charge in [-0.1, -0.05) is 11.6 Å². The maximum atomic E-state index is 13.0. The van der Waals surface area contributed by atoms with Crippen molar-refractivity contribution in [1.29, 1.82) is 0 Å². The van der Waals surface area contributed by atoms with Gasteiger partial charge in [-0.3, -0.25) is 4.79 Å². The topological polar surface area (TPSA) is 29.1 Å². The second kappa shape index (κ2) is 5.67. The summed E-state index contributed by atoms with van der Waals surface area (Å²) in [5.74, 6) is -1.45. The van der Waals surface area contributed by atoms with E-state index in [2.05, 4.69) is 21.2 Å². The predicted molar refractivity (Wildman–Crippen MR) is 73.5 cm³/mol. The van der Waals surface area contributed by atoms with Crippen LogP contribution >= 0.6 is 27.5 Å². The highest BCUT2D eigenvalue weighted by atomic mass is 79.9. The van der Waals surface area contributed by atoms with Crippen LogP contribution in [0.4, 0.5) is 14.5 Å². The lowest BCUT2D eigenvalue weighted by molar-refractivity contribution is 0.102. The molecule has 6 heteroatoms. The Kier molecular flexibility index (Phi) is 4.17. The highest BCUT2D eigenvalue weighted by Crippen LogP contribution is 2.22. The van der Waals surface area contributed by atoms with Gasteiger partial charge in [0.05, 0.1) is 15.1 Å². The number of hydrogen-bond acceptors (Lipinski definition) is 1. The zero-order valence-electron chi connectivity index (χ0n) is 9.38. The fraction of sp³-hybridized carbons (Fsp3) is 0. The molecule has 1 N–H and O–H groups in total. The molecule has 0 bridgehead atoms. The molecule has 0 radical (unpaired) electrons. The first-order chi connectivity index (χ1) is 8.97. The molecule has 0 saturated heterocycles. The van der Waals surface area contributed by atoms with Crippen LogP contribution in [-0.4, -0.2) is 5.91 Å². The monoisotopic (exact) mass is 345 g/mol. The molecule has 0 aliphatic rings. The van der Waals surface area contributed by atoms with Gasteiger partial charge in [0.15, 0.2) is 0 Å². The number of anilines is 1. The van der Waals surface area contributed by atoms with Crippen LogP contribution in [0.1, 0.15) is 10.4 Å². The number of halogens is 4. The van der Waals surface area contributed by atoms with E-state index in [0.29, 0.717) is 5.69 Å². The maximum Gasteiger partial charge on any atom is 0.257 e. The molecular weight excluding hydrogens is 340 g/mol. The third-order valence-electron chi connectivity index (χ3n) is 2.35. The van der Waals surface area contributed by atoms with Gasteiger partial charge >= 0.3 is 0 Å². The molecule has 0 atom stereocenters. The van der Waals surface area contributed by atoms with Crippen molar-refractivity contribution in [3.05, 3.63) is 63.1 Å². The van der Waals surface area contributed by atoms with Crippen molar-refractivity contribution in [2.75, 3.05) is 5.32 Å². The van der Waals surface area contributed by atoms with Gasteiger partial charge < -0.3 is 5.32 Å². The Morgan fingerprint density at radius 3 is 2.53 bits per heavy atom. The summed E-state index contributed by atoms with van der Waals surface area (Å²) in [6.45, 7) is 0. The molecule has 0 unspecified atom stereocenters. The van der Waals surface area contributed by atoms with Gasteiger partial charge in [0, 0.05) is 5.69 Å². The molecule has 2 aromatic carbocycles. The summed E-state index contributed by atoms with van der Waals surface area (Å²) in [7, 11) is 0. The number of carbonyl (C=O) groups is 1. The third-order valence-corrected chi connectivity index (χ3v) is 3.27. The molecule has 98 valence electrons. The summed E-state index contributed by atoms with van der Waals surface area (Å²) in [6, 6.07) is 7.52. The van der Waals surface area contributed by atoms with Crippen molar-refractivity contribution < 1.29 is 13.6 Å². The van der Waals surface area contributed by atoms with Crippen molar-refractivity contribution in [1.82, 2.24) is 0 Å². The number of rotatable bonds is 2. The zero-order chi connectivity index (χ0) is 14.0. The van der Waals surface area contributed by atoms with E-state index in [-0.39, 0.29) is 15.1 Å². The molecule has 2 rings (SSSR count). The van der Waals surface area contributed by atoms with Gasteiger partial charge in [0.25, 0.3) is 5.91 Å². The highest BCUT2D eigenvalue weighted by molar-refractivity contribution is 9.10. The molecule has 0 heterocycles. The van der Waals surface area contributed by atoms with Gasteiger partial charge in [-0.05, 0) is 52.3 Å². The van der Waals surface area contributed by atoms with Crippen LogP contribution in [0, 0.1) is 11.6 Å². The molecule has 1 amide bonds. The van der Waals surface area contributed by atoms with Crippen molar-refractivity contribution in [3.8, 4) is 0 Å². The van der Waals surface area contributed by atoms with Crippen LogP contribution in [-0.2, 0) is 0 Å². The lowest BCUT2D eigenvalue weighted by Gasteiger charge is -2.07. The fourth-order valence-electron chi connectivity index (χ4n) is 1.45. The Morgan fingerprint density at radius 2 is 1.89 bits per heavy atom. The van der Waals surface area contributed by atoms with Crippen LogP contribution < -0.4 is 5.32 Å². The Morgan fingerprint density at radius 1 is 1.16 bits per heavy atom. The predicted octanol–water partition coefficient (Wildman–Crippen LogP) is 4.63. The van der Waals surface area contributed by atoms with Crippen LogP contribution in [0.15, 0.2) is 40.9 Å². The van der Waals surface area contributed by atoms with Gasteiger partial charge in [-0.15, -0.1) is 0 Å². The van der Waals surface area contributed by atoms with Crippen LogP contribution in [0.25, 0.3) is 0 Å². The number of amides is 1. The van der Waals surface area contributed by atoms with E-state index >= 15 is 0 Å². The first-order valence-corrected chi connectivity index (χ1v) is 6.36. The second-order valence-corrected chi connectivity index (χ2v) is 4.97. The van der Waals surface area contributed by atoms with Crippen molar-refractivity contribution in [3.63, 3.8) is 0 Å². The SMILES string of the molecule is O=C(Nc1ccc(F)c(Br)c1)c1ccc(F)cc1Cl. The number of carbonyl (C=O) groups excluding carboxylic acids is 1. The summed E-state index contributed by atoms with van der Waals surface area (Å²) in [5.41, 5.74) is 0.544. The Balaban J connectivity index is 2.23. The van der Waals surface area contributed by atoms with E-state index in [1.54, 1.807) is 0 Å². The van der Waals surface area contributed by atoms with E-state index in [9.17, 15) is 13.6 Å². The van der Waals surface area contributed by atoms with Crippen LogP contribution in [0.3, 0.4) is 0 Å². The van der Waals surface area contributed by atoms with Gasteiger partial charge in [0.2, 0.25) is 0 Å². The minimum Gasteiger partial charge on any atom is -0.322 e. The molecule has 0 aliphatic heterocycles. The second-order valence-electron chi connectivity index (χ2n) is 3.71. The minimum absolute atomic E-state index is 0.0127. The first kappa shape index (κ1) is 14.0. The van der Waals surface area contributed by atoms with E-state index in [0.717, 1.165) is 12.1 Å². The van der Waals surface area contributed by atoms with E-state index in [1.807, 2.05) is 0 Å². The van der Waals surface area contributed by atoms with Crippen molar-refractivity contribution >= 4 is 39.1 Å². The molecule has 0 fully saturated rings. The summed E-state index contributed by atoms with van der Waals surface area (Å²) >= 11 is 8.79. The zero-order valence-corrected chi connectivity index (χ0v) is 11.7. The molecule has 2 aromatic rings. The smallest absolute Gasteiger partial charge is 0.257 e.